The molecule has 0 heterocycles. The molecule has 4 aromatic carbocycles. The smallest absolute Gasteiger partial charge is 0.333 e. The predicted octanol–water partition coefficient (Wildman–Crippen LogP) is 10.8. The lowest BCUT2D eigenvalue weighted by Crippen LogP contribution is -2.05. The molecule has 44 heavy (non-hydrogen) atoms. The first-order valence-electron chi connectivity index (χ1n) is 15.8. The molecule has 0 spiro atoms. The maximum absolute atomic E-state index is 11.3. The van der Waals surface area contributed by atoms with Gasteiger partial charge in [0.2, 0.25) is 0 Å². The molecule has 230 valence electrons. The van der Waals surface area contributed by atoms with Gasteiger partial charge in [-0.15, -0.1) is 5.11 Å². The van der Waals surface area contributed by atoms with Crippen molar-refractivity contribution in [1.82, 2.24) is 0 Å². The monoisotopic (exact) mass is 591 g/mol. The minimum Gasteiger partial charge on any atom is -0.494 e. The van der Waals surface area contributed by atoms with Gasteiger partial charge in [-0.3, -0.25) is 0 Å². The van der Waals surface area contributed by atoms with Crippen molar-refractivity contribution in [2.24, 2.45) is 10.2 Å². The van der Waals surface area contributed by atoms with E-state index in [1.807, 2.05) is 36.4 Å². The number of hydrogen-bond acceptors (Lipinski definition) is 6. The van der Waals surface area contributed by atoms with E-state index in [4.69, 9.17) is 9.47 Å². The number of hydrogen-bond donors (Lipinski definition) is 1. The van der Waals surface area contributed by atoms with Gasteiger partial charge in [0.1, 0.15) is 5.75 Å². The first kappa shape index (κ1) is 32.5. The maximum Gasteiger partial charge on any atom is 0.333 e. The molecule has 0 bridgehead atoms. The fraction of sp³-hybridized carbons (Fsp3) is 0.342. The number of aryl methyl sites for hydroxylation is 1. The van der Waals surface area contributed by atoms with Crippen molar-refractivity contribution in [3.63, 3.8) is 0 Å². The van der Waals surface area contributed by atoms with Crippen LogP contribution in [0, 0.1) is 6.92 Å². The van der Waals surface area contributed by atoms with Crippen molar-refractivity contribution < 1.29 is 14.3 Å². The number of unbranched alkanes of at least 4 members (excludes halogenated alkanes) is 7. The summed E-state index contributed by atoms with van der Waals surface area (Å²) in [5.41, 5.74) is 5.62. The van der Waals surface area contributed by atoms with Crippen LogP contribution in [-0.4, -0.2) is 19.2 Å². The quantitative estimate of drug-likeness (QED) is 0.0541. The molecule has 0 aromatic heterocycles. The van der Waals surface area contributed by atoms with Gasteiger partial charge < -0.3 is 14.8 Å². The summed E-state index contributed by atoms with van der Waals surface area (Å²) in [6.07, 6.45) is 9.14. The summed E-state index contributed by atoms with van der Waals surface area (Å²) in [6.45, 7) is 9.29. The van der Waals surface area contributed by atoms with Crippen molar-refractivity contribution in [2.45, 2.75) is 71.8 Å². The Kier molecular flexibility index (Phi) is 13.0. The molecule has 0 amide bonds. The summed E-state index contributed by atoms with van der Waals surface area (Å²) in [5, 5.41) is 14.8. The van der Waals surface area contributed by atoms with Crippen LogP contribution in [0.15, 0.2) is 107 Å². The van der Waals surface area contributed by atoms with Gasteiger partial charge in [-0.25, -0.2) is 4.79 Å². The second-order valence-electron chi connectivity index (χ2n) is 11.3. The van der Waals surface area contributed by atoms with Crippen LogP contribution in [0.1, 0.15) is 69.4 Å². The molecule has 0 unspecified atom stereocenters. The Hall–Kier alpha value is -4.45. The van der Waals surface area contributed by atoms with Crippen LogP contribution in [0.5, 0.6) is 5.75 Å². The zero-order valence-electron chi connectivity index (χ0n) is 26.2. The average Bonchev–Trinajstić information content (AvgIpc) is 3.04. The van der Waals surface area contributed by atoms with Gasteiger partial charge in [0.05, 0.1) is 24.6 Å². The van der Waals surface area contributed by atoms with E-state index in [2.05, 4.69) is 77.6 Å². The summed E-state index contributed by atoms with van der Waals surface area (Å²) in [7, 11) is 0. The summed E-state index contributed by atoms with van der Waals surface area (Å²) in [4.78, 5) is 11.3. The van der Waals surface area contributed by atoms with Crippen molar-refractivity contribution in [2.75, 3.05) is 18.5 Å². The van der Waals surface area contributed by atoms with Gasteiger partial charge in [-0.2, -0.15) is 5.11 Å². The highest BCUT2D eigenvalue weighted by Gasteiger charge is 2.06. The third-order valence-corrected chi connectivity index (χ3v) is 7.50. The number of carbonyl (C=O) groups is 1. The van der Waals surface area contributed by atoms with Gasteiger partial charge in [-0.1, -0.05) is 99.2 Å². The summed E-state index contributed by atoms with van der Waals surface area (Å²) in [6, 6.07) is 28.8. The SMILES string of the molecule is C=C(C)C(=O)OCCCCCCCCCCOc1ccc(CNc2ccc(/N=N/c3ccc(C)cc3)c3ccccc23)cc1. The van der Waals surface area contributed by atoms with Crippen molar-refractivity contribution in [3.8, 4) is 5.75 Å². The van der Waals surface area contributed by atoms with E-state index in [0.717, 1.165) is 59.5 Å². The molecule has 4 rings (SSSR count). The largest absolute Gasteiger partial charge is 0.494 e. The lowest BCUT2D eigenvalue weighted by molar-refractivity contribution is -0.139. The Morgan fingerprint density at radius 1 is 0.727 bits per heavy atom. The van der Waals surface area contributed by atoms with Crippen molar-refractivity contribution in [3.05, 3.63) is 108 Å². The second kappa shape index (κ2) is 17.6. The highest BCUT2D eigenvalue weighted by atomic mass is 16.5. The van der Waals surface area contributed by atoms with E-state index >= 15 is 0 Å². The van der Waals surface area contributed by atoms with E-state index in [1.54, 1.807) is 6.92 Å². The minimum atomic E-state index is -0.286. The van der Waals surface area contributed by atoms with E-state index in [9.17, 15) is 4.79 Å². The van der Waals surface area contributed by atoms with E-state index < -0.39 is 0 Å². The number of rotatable bonds is 18. The molecule has 6 heteroatoms. The zero-order valence-corrected chi connectivity index (χ0v) is 26.2. The molecular weight excluding hydrogens is 546 g/mol. The Morgan fingerprint density at radius 2 is 1.36 bits per heavy atom. The first-order chi connectivity index (χ1) is 21.5. The molecule has 0 aliphatic heterocycles. The Balaban J connectivity index is 1.13. The number of azo groups is 1. The number of carbonyl (C=O) groups excluding carboxylic acids is 1. The first-order valence-corrected chi connectivity index (χ1v) is 15.8. The number of nitrogens with one attached hydrogen (secondary N) is 1. The third-order valence-electron chi connectivity index (χ3n) is 7.50. The molecule has 0 saturated carbocycles. The van der Waals surface area contributed by atoms with Crippen molar-refractivity contribution in [1.29, 1.82) is 0 Å². The van der Waals surface area contributed by atoms with Crippen LogP contribution in [0.2, 0.25) is 0 Å². The number of esters is 1. The fourth-order valence-corrected chi connectivity index (χ4v) is 4.89. The molecule has 0 aliphatic carbocycles. The van der Waals surface area contributed by atoms with E-state index in [-0.39, 0.29) is 5.97 Å². The standard InChI is InChI=1S/C38H45N3O3/c1-29(2)38(42)44-27-13-9-7-5-4-6-8-12-26-43-33-22-18-31(19-23-33)28-39-36-24-25-37(35-15-11-10-14-34(35)36)41-40-32-20-16-30(3)17-21-32/h10-11,14-25,39H,1,4-9,12-13,26-28H2,2-3H3/b41-40+. The summed E-state index contributed by atoms with van der Waals surface area (Å²) < 4.78 is 11.1. The molecule has 0 atom stereocenters. The molecule has 4 aromatic rings. The van der Waals surface area contributed by atoms with Crippen LogP contribution < -0.4 is 10.1 Å². The number of ether oxygens (including phenoxy) is 2. The molecule has 0 fully saturated rings. The molecule has 0 radical (unpaired) electrons. The van der Waals surface area contributed by atoms with Crippen LogP contribution in [-0.2, 0) is 16.1 Å². The zero-order chi connectivity index (χ0) is 31.0. The van der Waals surface area contributed by atoms with Gasteiger partial charge in [0.25, 0.3) is 0 Å². The van der Waals surface area contributed by atoms with Gasteiger partial charge >= 0.3 is 5.97 Å². The summed E-state index contributed by atoms with van der Waals surface area (Å²) >= 11 is 0. The normalized spacial score (nSPS) is 11.1. The van der Waals surface area contributed by atoms with E-state index in [1.165, 1.54) is 43.2 Å². The third kappa shape index (κ3) is 10.7. The second-order valence-corrected chi connectivity index (χ2v) is 11.3. The topological polar surface area (TPSA) is 72.3 Å². The molecule has 0 saturated heterocycles. The van der Waals surface area contributed by atoms with Crippen LogP contribution >= 0.6 is 0 Å². The Labute approximate surface area is 262 Å². The molecule has 1 N–H and O–H groups in total. The lowest BCUT2D eigenvalue weighted by Gasteiger charge is -2.12. The average molecular weight is 592 g/mol. The van der Waals surface area contributed by atoms with Gasteiger partial charge in [0.15, 0.2) is 0 Å². The van der Waals surface area contributed by atoms with Crippen LogP contribution in [0.3, 0.4) is 0 Å². The molecular formula is C38H45N3O3. The summed E-state index contributed by atoms with van der Waals surface area (Å²) in [5.74, 6) is 0.625. The highest BCUT2D eigenvalue weighted by Crippen LogP contribution is 2.33. The number of benzene rings is 4. The Bertz CT molecular complexity index is 1510. The number of anilines is 1. The fourth-order valence-electron chi connectivity index (χ4n) is 4.89. The lowest BCUT2D eigenvalue weighted by atomic mass is 10.1. The molecule has 6 nitrogen and oxygen atoms in total. The minimum absolute atomic E-state index is 0.286. The highest BCUT2D eigenvalue weighted by molar-refractivity contribution is 6.00. The van der Waals surface area contributed by atoms with Gasteiger partial charge in [0, 0.05) is 28.6 Å². The predicted molar refractivity (Wildman–Crippen MR) is 181 cm³/mol. The van der Waals surface area contributed by atoms with Crippen LogP contribution in [0.4, 0.5) is 17.1 Å². The maximum atomic E-state index is 11.3. The number of nitrogens with zero attached hydrogens (tertiary/aromatic N) is 2. The van der Waals surface area contributed by atoms with Crippen LogP contribution in [0.25, 0.3) is 10.8 Å². The van der Waals surface area contributed by atoms with E-state index in [0.29, 0.717) is 18.7 Å². The Morgan fingerprint density at radius 3 is 2.05 bits per heavy atom. The van der Waals surface area contributed by atoms with Crippen molar-refractivity contribution >= 4 is 33.8 Å². The van der Waals surface area contributed by atoms with Gasteiger partial charge in [-0.05, 0) is 68.7 Å². The molecule has 0 aliphatic rings. The number of fused-ring (bicyclic) bond motifs is 1.